The maximum atomic E-state index is 12.9. The lowest BCUT2D eigenvalue weighted by molar-refractivity contribution is 0.620. The van der Waals surface area contributed by atoms with Crippen LogP contribution in [0.5, 0.6) is 0 Å². The van der Waals surface area contributed by atoms with E-state index >= 15 is 0 Å². The minimum Gasteiger partial charge on any atom is -0.398 e. The Morgan fingerprint density at radius 2 is 1.82 bits per heavy atom. The van der Waals surface area contributed by atoms with Gasteiger partial charge in [0.25, 0.3) is 0 Å². The van der Waals surface area contributed by atoms with Gasteiger partial charge in [0.05, 0.1) is 0 Å². The van der Waals surface area contributed by atoms with E-state index in [1.807, 2.05) is 30.3 Å². The molecule has 0 amide bonds. The Labute approximate surface area is 100 Å². The molecule has 0 saturated carbocycles. The Balaban J connectivity index is 1.90. The lowest BCUT2D eigenvalue weighted by Gasteiger charge is -2.07. The molecule has 0 fully saturated rings. The molecule has 0 saturated heterocycles. The minimum absolute atomic E-state index is 0.205. The Bertz CT molecular complexity index is 497. The number of hydrogen-bond donors (Lipinski definition) is 2. The quantitative estimate of drug-likeness (QED) is 0.792. The smallest absolute Gasteiger partial charge is 0.123 e. The van der Waals surface area contributed by atoms with Gasteiger partial charge in [-0.25, -0.2) is 4.39 Å². The third-order valence-corrected chi connectivity index (χ3v) is 2.59. The fourth-order valence-electron chi connectivity index (χ4n) is 1.68. The molecule has 0 aliphatic rings. The lowest BCUT2D eigenvalue weighted by Crippen LogP contribution is -2.13. The molecule has 88 valence electrons. The lowest BCUT2D eigenvalue weighted by atomic mass is 10.1. The standard InChI is InChI=1S/C14H15FN2/c15-13-6-3-4-11(8-13)9-17-10-12-5-1-2-7-14(12)16/h1-8,17H,9-10,16H2. The molecular formula is C14H15FN2. The van der Waals surface area contributed by atoms with Crippen LogP contribution >= 0.6 is 0 Å². The van der Waals surface area contributed by atoms with Crippen molar-refractivity contribution in [3.05, 3.63) is 65.5 Å². The summed E-state index contributed by atoms with van der Waals surface area (Å²) in [6.07, 6.45) is 0. The first-order chi connectivity index (χ1) is 8.25. The summed E-state index contributed by atoms with van der Waals surface area (Å²) in [5, 5.41) is 3.24. The highest BCUT2D eigenvalue weighted by molar-refractivity contribution is 5.46. The van der Waals surface area contributed by atoms with Crippen LogP contribution in [0.3, 0.4) is 0 Å². The van der Waals surface area contributed by atoms with Gasteiger partial charge < -0.3 is 11.1 Å². The normalized spacial score (nSPS) is 10.4. The second-order valence-electron chi connectivity index (χ2n) is 3.93. The molecule has 0 radical (unpaired) electrons. The van der Waals surface area contributed by atoms with Crippen molar-refractivity contribution < 1.29 is 4.39 Å². The van der Waals surface area contributed by atoms with Crippen molar-refractivity contribution >= 4 is 5.69 Å². The molecule has 2 aromatic rings. The van der Waals surface area contributed by atoms with Crippen molar-refractivity contribution in [2.24, 2.45) is 0 Å². The number of rotatable bonds is 4. The molecule has 0 aliphatic carbocycles. The van der Waals surface area contributed by atoms with E-state index in [9.17, 15) is 4.39 Å². The van der Waals surface area contributed by atoms with Gasteiger partial charge in [-0.2, -0.15) is 0 Å². The van der Waals surface area contributed by atoms with Gasteiger partial charge in [0.15, 0.2) is 0 Å². The molecule has 3 N–H and O–H groups in total. The highest BCUT2D eigenvalue weighted by atomic mass is 19.1. The molecule has 0 spiro atoms. The van der Waals surface area contributed by atoms with Crippen LogP contribution in [-0.4, -0.2) is 0 Å². The molecular weight excluding hydrogens is 215 g/mol. The van der Waals surface area contributed by atoms with Crippen LogP contribution in [0.15, 0.2) is 48.5 Å². The molecule has 2 aromatic carbocycles. The number of nitrogens with two attached hydrogens (primary N) is 1. The summed E-state index contributed by atoms with van der Waals surface area (Å²) in [5.74, 6) is -0.205. The van der Waals surface area contributed by atoms with E-state index in [2.05, 4.69) is 5.32 Å². The minimum atomic E-state index is -0.205. The largest absolute Gasteiger partial charge is 0.398 e. The number of hydrogen-bond acceptors (Lipinski definition) is 2. The van der Waals surface area contributed by atoms with E-state index in [1.165, 1.54) is 12.1 Å². The molecule has 2 nitrogen and oxygen atoms in total. The van der Waals surface area contributed by atoms with Crippen molar-refractivity contribution in [2.45, 2.75) is 13.1 Å². The second kappa shape index (κ2) is 5.46. The van der Waals surface area contributed by atoms with Crippen molar-refractivity contribution in [2.75, 3.05) is 5.73 Å². The molecule has 2 rings (SSSR count). The Hall–Kier alpha value is -1.87. The average Bonchev–Trinajstić information content (AvgIpc) is 2.32. The molecule has 0 heterocycles. The molecule has 0 unspecified atom stereocenters. The number of nitrogens with one attached hydrogen (secondary N) is 1. The molecule has 17 heavy (non-hydrogen) atoms. The summed E-state index contributed by atoms with van der Waals surface area (Å²) < 4.78 is 12.9. The van der Waals surface area contributed by atoms with Crippen LogP contribution in [0.4, 0.5) is 10.1 Å². The fourth-order valence-corrected chi connectivity index (χ4v) is 1.68. The first kappa shape index (κ1) is 11.6. The topological polar surface area (TPSA) is 38.0 Å². The van der Waals surface area contributed by atoms with Crippen LogP contribution in [0, 0.1) is 5.82 Å². The molecule has 0 aliphatic heterocycles. The zero-order chi connectivity index (χ0) is 12.1. The molecule has 0 aromatic heterocycles. The maximum absolute atomic E-state index is 12.9. The Morgan fingerprint density at radius 1 is 1.00 bits per heavy atom. The van der Waals surface area contributed by atoms with Crippen molar-refractivity contribution in [3.63, 3.8) is 0 Å². The third kappa shape index (κ3) is 3.29. The zero-order valence-electron chi connectivity index (χ0n) is 9.49. The van der Waals surface area contributed by atoms with Gasteiger partial charge in [0, 0.05) is 18.8 Å². The van der Waals surface area contributed by atoms with E-state index in [0.29, 0.717) is 13.1 Å². The van der Waals surface area contributed by atoms with E-state index in [0.717, 1.165) is 16.8 Å². The fraction of sp³-hybridized carbons (Fsp3) is 0.143. The summed E-state index contributed by atoms with van der Waals surface area (Å²) in [6.45, 7) is 1.31. The monoisotopic (exact) mass is 230 g/mol. The highest BCUT2D eigenvalue weighted by Gasteiger charge is 1.98. The SMILES string of the molecule is Nc1ccccc1CNCc1cccc(F)c1. The summed E-state index contributed by atoms with van der Waals surface area (Å²) in [6, 6.07) is 14.3. The average molecular weight is 230 g/mol. The second-order valence-corrected chi connectivity index (χ2v) is 3.93. The van der Waals surface area contributed by atoms with E-state index < -0.39 is 0 Å². The van der Waals surface area contributed by atoms with Crippen LogP contribution in [0.1, 0.15) is 11.1 Å². The van der Waals surface area contributed by atoms with Gasteiger partial charge >= 0.3 is 0 Å². The van der Waals surface area contributed by atoms with E-state index in [-0.39, 0.29) is 5.82 Å². The summed E-state index contributed by atoms with van der Waals surface area (Å²) in [7, 11) is 0. The number of anilines is 1. The highest BCUT2D eigenvalue weighted by Crippen LogP contribution is 2.10. The summed E-state index contributed by atoms with van der Waals surface area (Å²) in [5.41, 5.74) is 8.59. The number of benzene rings is 2. The summed E-state index contributed by atoms with van der Waals surface area (Å²) >= 11 is 0. The van der Waals surface area contributed by atoms with Crippen LogP contribution in [-0.2, 0) is 13.1 Å². The van der Waals surface area contributed by atoms with Crippen LogP contribution in [0.25, 0.3) is 0 Å². The predicted octanol–water partition coefficient (Wildman–Crippen LogP) is 2.70. The van der Waals surface area contributed by atoms with Gasteiger partial charge in [-0.15, -0.1) is 0 Å². The molecule has 0 atom stereocenters. The number of nitrogen functional groups attached to an aromatic ring is 1. The van der Waals surface area contributed by atoms with Crippen LogP contribution < -0.4 is 11.1 Å². The van der Waals surface area contributed by atoms with Gasteiger partial charge in [0.2, 0.25) is 0 Å². The third-order valence-electron chi connectivity index (χ3n) is 2.59. The van der Waals surface area contributed by atoms with Gasteiger partial charge in [-0.1, -0.05) is 30.3 Å². The van der Waals surface area contributed by atoms with Gasteiger partial charge in [-0.05, 0) is 29.3 Å². The maximum Gasteiger partial charge on any atom is 0.123 e. The predicted molar refractivity (Wildman–Crippen MR) is 67.8 cm³/mol. The van der Waals surface area contributed by atoms with Crippen molar-refractivity contribution in [1.29, 1.82) is 0 Å². The van der Waals surface area contributed by atoms with Crippen molar-refractivity contribution in [3.8, 4) is 0 Å². The Kier molecular flexibility index (Phi) is 3.73. The molecule has 0 bridgehead atoms. The van der Waals surface area contributed by atoms with E-state index in [1.54, 1.807) is 6.07 Å². The van der Waals surface area contributed by atoms with Gasteiger partial charge in [-0.3, -0.25) is 0 Å². The van der Waals surface area contributed by atoms with Crippen LogP contribution in [0.2, 0.25) is 0 Å². The zero-order valence-corrected chi connectivity index (χ0v) is 9.49. The first-order valence-electron chi connectivity index (χ1n) is 5.54. The number of para-hydroxylation sites is 1. The molecule has 3 heteroatoms. The first-order valence-corrected chi connectivity index (χ1v) is 5.54. The Morgan fingerprint density at radius 3 is 2.59 bits per heavy atom. The van der Waals surface area contributed by atoms with Crippen molar-refractivity contribution in [1.82, 2.24) is 5.32 Å². The summed E-state index contributed by atoms with van der Waals surface area (Å²) in [4.78, 5) is 0. The number of halogens is 1. The van der Waals surface area contributed by atoms with E-state index in [4.69, 9.17) is 5.73 Å². The van der Waals surface area contributed by atoms with Gasteiger partial charge in [0.1, 0.15) is 5.82 Å².